The van der Waals surface area contributed by atoms with Gasteiger partial charge in [-0.2, -0.15) is 0 Å². The molecular formula is C10H9NOS. The van der Waals surface area contributed by atoms with Crippen molar-refractivity contribution in [3.05, 3.63) is 28.6 Å². The third-order valence-electron chi connectivity index (χ3n) is 2.13. The lowest BCUT2D eigenvalue weighted by Crippen LogP contribution is -1.85. The SMILES string of the molecule is Cc1c(C=O)sc2cccc(N)c12. The highest BCUT2D eigenvalue weighted by molar-refractivity contribution is 7.20. The van der Waals surface area contributed by atoms with Gasteiger partial charge in [-0.1, -0.05) is 6.07 Å². The fourth-order valence-corrected chi connectivity index (χ4v) is 2.52. The van der Waals surface area contributed by atoms with Gasteiger partial charge in [-0.3, -0.25) is 4.79 Å². The van der Waals surface area contributed by atoms with Gasteiger partial charge in [0, 0.05) is 15.8 Å². The van der Waals surface area contributed by atoms with Crippen molar-refractivity contribution in [3.63, 3.8) is 0 Å². The minimum Gasteiger partial charge on any atom is -0.398 e. The second-order valence-corrected chi connectivity index (χ2v) is 4.01. The summed E-state index contributed by atoms with van der Waals surface area (Å²) in [6, 6.07) is 5.75. The molecule has 66 valence electrons. The molecule has 2 nitrogen and oxygen atoms in total. The molecule has 0 unspecified atom stereocenters. The van der Waals surface area contributed by atoms with Crippen molar-refractivity contribution in [2.45, 2.75) is 6.92 Å². The number of hydrogen-bond donors (Lipinski definition) is 1. The lowest BCUT2D eigenvalue weighted by molar-refractivity contribution is 0.112. The molecule has 0 fully saturated rings. The summed E-state index contributed by atoms with van der Waals surface area (Å²) in [5, 5.41) is 1.02. The Kier molecular flexibility index (Phi) is 1.81. The minimum atomic E-state index is 0.749. The van der Waals surface area contributed by atoms with Gasteiger partial charge in [0.25, 0.3) is 0 Å². The first-order valence-corrected chi connectivity index (χ1v) is 4.78. The van der Waals surface area contributed by atoms with Crippen LogP contribution in [0.1, 0.15) is 15.2 Å². The average Bonchev–Trinajstić information content (AvgIpc) is 2.44. The fraction of sp³-hybridized carbons (Fsp3) is 0.100. The number of nitrogens with two attached hydrogens (primary N) is 1. The molecule has 0 aliphatic rings. The van der Waals surface area contributed by atoms with Gasteiger partial charge in [-0.25, -0.2) is 0 Å². The Hall–Kier alpha value is -1.35. The van der Waals surface area contributed by atoms with E-state index in [0.717, 1.165) is 32.5 Å². The quantitative estimate of drug-likeness (QED) is 0.556. The van der Waals surface area contributed by atoms with Gasteiger partial charge in [-0.15, -0.1) is 11.3 Å². The molecule has 2 N–H and O–H groups in total. The van der Waals surface area contributed by atoms with E-state index in [1.807, 2.05) is 25.1 Å². The van der Waals surface area contributed by atoms with Crippen molar-refractivity contribution in [2.75, 3.05) is 5.73 Å². The predicted octanol–water partition coefficient (Wildman–Crippen LogP) is 2.60. The molecule has 1 heterocycles. The van der Waals surface area contributed by atoms with Crippen LogP contribution in [0.3, 0.4) is 0 Å². The predicted molar refractivity (Wildman–Crippen MR) is 56.4 cm³/mol. The molecule has 0 aliphatic heterocycles. The zero-order valence-electron chi connectivity index (χ0n) is 7.20. The lowest BCUT2D eigenvalue weighted by Gasteiger charge is -1.96. The van der Waals surface area contributed by atoms with Gasteiger partial charge in [0.05, 0.1) is 4.88 Å². The Morgan fingerprint density at radius 3 is 2.85 bits per heavy atom. The number of aryl methyl sites for hydroxylation is 1. The van der Waals surface area contributed by atoms with Crippen LogP contribution < -0.4 is 5.73 Å². The second-order valence-electron chi connectivity index (χ2n) is 2.93. The van der Waals surface area contributed by atoms with E-state index >= 15 is 0 Å². The van der Waals surface area contributed by atoms with E-state index in [9.17, 15) is 4.79 Å². The van der Waals surface area contributed by atoms with Crippen molar-refractivity contribution in [1.29, 1.82) is 0 Å². The molecule has 0 saturated carbocycles. The van der Waals surface area contributed by atoms with Crippen LogP contribution in [0.5, 0.6) is 0 Å². The summed E-state index contributed by atoms with van der Waals surface area (Å²) < 4.78 is 1.08. The molecule has 2 rings (SSSR count). The van der Waals surface area contributed by atoms with E-state index in [-0.39, 0.29) is 0 Å². The van der Waals surface area contributed by atoms with Crippen molar-refractivity contribution < 1.29 is 4.79 Å². The van der Waals surface area contributed by atoms with E-state index in [2.05, 4.69) is 0 Å². The highest BCUT2D eigenvalue weighted by Crippen LogP contribution is 2.33. The number of carbonyl (C=O) groups excluding carboxylic acids is 1. The van der Waals surface area contributed by atoms with Crippen LogP contribution in [-0.4, -0.2) is 6.29 Å². The maximum Gasteiger partial charge on any atom is 0.160 e. The largest absolute Gasteiger partial charge is 0.398 e. The van der Waals surface area contributed by atoms with Crippen molar-refractivity contribution >= 4 is 33.4 Å². The Labute approximate surface area is 80.0 Å². The summed E-state index contributed by atoms with van der Waals surface area (Å²) in [4.78, 5) is 11.4. The van der Waals surface area contributed by atoms with Gasteiger partial charge in [0.1, 0.15) is 0 Å². The van der Waals surface area contributed by atoms with E-state index < -0.39 is 0 Å². The summed E-state index contributed by atoms with van der Waals surface area (Å²) in [5.41, 5.74) is 7.56. The van der Waals surface area contributed by atoms with Crippen LogP contribution in [-0.2, 0) is 0 Å². The summed E-state index contributed by atoms with van der Waals surface area (Å²) in [5.74, 6) is 0. The maximum absolute atomic E-state index is 10.7. The van der Waals surface area contributed by atoms with Gasteiger partial charge in [0.15, 0.2) is 6.29 Å². The molecule has 13 heavy (non-hydrogen) atoms. The van der Waals surface area contributed by atoms with Crippen LogP contribution >= 0.6 is 11.3 Å². The van der Waals surface area contributed by atoms with Gasteiger partial charge < -0.3 is 5.73 Å². The Bertz CT molecular complexity index is 473. The highest BCUT2D eigenvalue weighted by atomic mass is 32.1. The average molecular weight is 191 g/mol. The first kappa shape index (κ1) is 8.26. The first-order valence-electron chi connectivity index (χ1n) is 3.97. The third kappa shape index (κ3) is 1.12. The smallest absolute Gasteiger partial charge is 0.160 e. The molecule has 3 heteroatoms. The zero-order valence-corrected chi connectivity index (χ0v) is 8.02. The van der Waals surface area contributed by atoms with Crippen LogP contribution in [0.25, 0.3) is 10.1 Å². The van der Waals surface area contributed by atoms with Gasteiger partial charge >= 0.3 is 0 Å². The molecule has 2 aromatic rings. The summed E-state index contributed by atoms with van der Waals surface area (Å²) >= 11 is 1.49. The fourth-order valence-electron chi connectivity index (χ4n) is 1.47. The number of anilines is 1. The molecular weight excluding hydrogens is 182 g/mol. The number of carbonyl (C=O) groups is 1. The normalized spacial score (nSPS) is 10.5. The van der Waals surface area contributed by atoms with E-state index in [1.165, 1.54) is 11.3 Å². The molecule has 0 bridgehead atoms. The molecule has 0 saturated heterocycles. The number of benzene rings is 1. The van der Waals surface area contributed by atoms with E-state index in [4.69, 9.17) is 5.73 Å². The number of fused-ring (bicyclic) bond motifs is 1. The highest BCUT2D eigenvalue weighted by Gasteiger charge is 2.08. The molecule has 0 atom stereocenters. The first-order chi connectivity index (χ1) is 6.24. The van der Waals surface area contributed by atoms with Crippen molar-refractivity contribution in [1.82, 2.24) is 0 Å². The molecule has 1 aromatic heterocycles. The van der Waals surface area contributed by atoms with E-state index in [1.54, 1.807) is 0 Å². The molecule has 0 aliphatic carbocycles. The maximum atomic E-state index is 10.7. The molecule has 1 aromatic carbocycles. The van der Waals surface area contributed by atoms with E-state index in [0.29, 0.717) is 0 Å². The monoisotopic (exact) mass is 191 g/mol. The van der Waals surface area contributed by atoms with Crippen LogP contribution in [0.2, 0.25) is 0 Å². The van der Waals surface area contributed by atoms with Crippen LogP contribution in [0.15, 0.2) is 18.2 Å². The topological polar surface area (TPSA) is 43.1 Å². The van der Waals surface area contributed by atoms with Crippen LogP contribution in [0, 0.1) is 6.92 Å². The molecule has 0 amide bonds. The second kappa shape index (κ2) is 2.85. The number of hydrogen-bond acceptors (Lipinski definition) is 3. The number of thiophene rings is 1. The Morgan fingerprint density at radius 2 is 2.23 bits per heavy atom. The summed E-state index contributed by atoms with van der Waals surface area (Å²) in [6.07, 6.45) is 0.888. The van der Waals surface area contributed by atoms with Crippen molar-refractivity contribution in [2.24, 2.45) is 0 Å². The lowest BCUT2D eigenvalue weighted by atomic mass is 10.1. The van der Waals surface area contributed by atoms with Crippen LogP contribution in [0.4, 0.5) is 5.69 Å². The molecule has 0 radical (unpaired) electrons. The Balaban J connectivity index is 2.92. The van der Waals surface area contributed by atoms with Crippen molar-refractivity contribution in [3.8, 4) is 0 Å². The standard InChI is InChI=1S/C10H9NOS/c1-6-9(5-12)13-8-4-2-3-7(11)10(6)8/h2-5H,11H2,1H3. The summed E-state index contributed by atoms with van der Waals surface area (Å²) in [7, 11) is 0. The number of rotatable bonds is 1. The Morgan fingerprint density at radius 1 is 1.46 bits per heavy atom. The number of nitrogen functional groups attached to an aromatic ring is 1. The third-order valence-corrected chi connectivity index (χ3v) is 3.31. The van der Waals surface area contributed by atoms with Gasteiger partial charge in [0.2, 0.25) is 0 Å². The summed E-state index contributed by atoms with van der Waals surface area (Å²) in [6.45, 7) is 1.93. The zero-order chi connectivity index (χ0) is 9.42. The van der Waals surface area contributed by atoms with Gasteiger partial charge in [-0.05, 0) is 24.6 Å². The minimum absolute atomic E-state index is 0.749. The number of aldehydes is 1. The molecule has 0 spiro atoms.